The number of nitrogens with zero attached hydrogens (tertiary/aromatic N) is 2. The zero-order chi connectivity index (χ0) is 14.9. The average Bonchev–Trinajstić information content (AvgIpc) is 3.18. The number of methoxy groups -OCH3 is 1. The van der Waals surface area contributed by atoms with E-state index in [0.717, 1.165) is 36.0 Å². The van der Waals surface area contributed by atoms with Gasteiger partial charge >= 0.3 is 0 Å². The summed E-state index contributed by atoms with van der Waals surface area (Å²) >= 11 is 0. The van der Waals surface area contributed by atoms with Crippen LogP contribution in [0.4, 0.5) is 5.69 Å². The number of hydrogen-bond donors (Lipinski definition) is 1. The van der Waals surface area contributed by atoms with Crippen LogP contribution in [-0.2, 0) is 0 Å². The maximum absolute atomic E-state index is 5.92. The Morgan fingerprint density at radius 1 is 1.18 bits per heavy atom. The van der Waals surface area contributed by atoms with E-state index in [1.54, 1.807) is 13.3 Å². The van der Waals surface area contributed by atoms with Gasteiger partial charge in [-0.1, -0.05) is 6.07 Å². The summed E-state index contributed by atoms with van der Waals surface area (Å²) in [6.45, 7) is 2.11. The molecule has 2 fully saturated rings. The molecule has 2 atom stereocenters. The van der Waals surface area contributed by atoms with Gasteiger partial charge in [0.15, 0.2) is 0 Å². The van der Waals surface area contributed by atoms with Crippen LogP contribution in [0.5, 0.6) is 17.2 Å². The van der Waals surface area contributed by atoms with Gasteiger partial charge in [-0.3, -0.25) is 4.98 Å². The van der Waals surface area contributed by atoms with Gasteiger partial charge in [-0.2, -0.15) is 0 Å². The van der Waals surface area contributed by atoms with E-state index in [4.69, 9.17) is 9.47 Å². The second-order valence-corrected chi connectivity index (χ2v) is 5.81. The Labute approximate surface area is 129 Å². The van der Waals surface area contributed by atoms with E-state index < -0.39 is 0 Å². The molecule has 2 bridgehead atoms. The summed E-state index contributed by atoms with van der Waals surface area (Å²) in [5, 5.41) is 3.52. The van der Waals surface area contributed by atoms with Crippen molar-refractivity contribution in [2.45, 2.75) is 18.5 Å². The molecule has 0 unspecified atom stereocenters. The topological polar surface area (TPSA) is 46.6 Å². The molecule has 0 aliphatic carbocycles. The largest absolute Gasteiger partial charge is 0.497 e. The molecular formula is C17H19N3O2. The lowest BCUT2D eigenvalue weighted by atomic mass is 10.2. The molecule has 5 nitrogen and oxygen atoms in total. The molecule has 114 valence electrons. The molecule has 2 saturated heterocycles. The standard InChI is InChI=1S/C17H19N3O2/c1-21-15-3-2-4-16(7-15)22-17-6-14(8-18-10-17)20-11-12-5-13(20)9-19-12/h2-4,6-8,10,12-13,19H,5,9,11H2,1H3/t12-,13-/m0/s1. The fourth-order valence-electron chi connectivity index (χ4n) is 3.30. The highest BCUT2D eigenvalue weighted by atomic mass is 16.5. The predicted octanol–water partition coefficient (Wildman–Crippen LogP) is 2.43. The number of piperazine rings is 1. The van der Waals surface area contributed by atoms with E-state index in [2.05, 4.69) is 21.3 Å². The van der Waals surface area contributed by atoms with Gasteiger partial charge in [0, 0.05) is 37.3 Å². The maximum Gasteiger partial charge on any atom is 0.147 e. The summed E-state index contributed by atoms with van der Waals surface area (Å²) in [5.74, 6) is 2.29. The fraction of sp³-hybridized carbons (Fsp3) is 0.353. The van der Waals surface area contributed by atoms with Crippen LogP contribution in [-0.4, -0.2) is 37.3 Å². The van der Waals surface area contributed by atoms with Crippen LogP contribution in [0, 0.1) is 0 Å². The van der Waals surface area contributed by atoms with Crippen LogP contribution in [0.3, 0.4) is 0 Å². The highest BCUT2D eigenvalue weighted by molar-refractivity contribution is 5.52. The van der Waals surface area contributed by atoms with Crippen LogP contribution in [0.1, 0.15) is 6.42 Å². The minimum absolute atomic E-state index is 0.582. The van der Waals surface area contributed by atoms with E-state index >= 15 is 0 Å². The van der Waals surface area contributed by atoms with Crippen molar-refractivity contribution >= 4 is 5.69 Å². The van der Waals surface area contributed by atoms with Gasteiger partial charge in [0.1, 0.15) is 17.2 Å². The monoisotopic (exact) mass is 297 g/mol. The van der Waals surface area contributed by atoms with Crippen molar-refractivity contribution in [3.63, 3.8) is 0 Å². The van der Waals surface area contributed by atoms with Crippen molar-refractivity contribution in [1.82, 2.24) is 10.3 Å². The normalized spacial score (nSPS) is 22.9. The summed E-state index contributed by atoms with van der Waals surface area (Å²) in [7, 11) is 1.65. The van der Waals surface area contributed by atoms with Crippen molar-refractivity contribution in [2.75, 3.05) is 25.1 Å². The minimum Gasteiger partial charge on any atom is -0.497 e. The number of fused-ring (bicyclic) bond motifs is 2. The zero-order valence-corrected chi connectivity index (χ0v) is 12.5. The summed E-state index contributed by atoms with van der Waals surface area (Å²) in [5.41, 5.74) is 1.13. The maximum atomic E-state index is 5.92. The number of hydrogen-bond acceptors (Lipinski definition) is 5. The summed E-state index contributed by atoms with van der Waals surface area (Å²) < 4.78 is 11.1. The van der Waals surface area contributed by atoms with Crippen LogP contribution >= 0.6 is 0 Å². The number of anilines is 1. The van der Waals surface area contributed by atoms with Gasteiger partial charge in [-0.05, 0) is 18.6 Å². The first-order valence-corrected chi connectivity index (χ1v) is 7.59. The highest BCUT2D eigenvalue weighted by Gasteiger charge is 2.37. The number of ether oxygens (including phenoxy) is 2. The van der Waals surface area contributed by atoms with Crippen molar-refractivity contribution in [3.05, 3.63) is 42.7 Å². The van der Waals surface area contributed by atoms with Gasteiger partial charge in [0.05, 0.1) is 25.2 Å². The molecule has 0 amide bonds. The quantitative estimate of drug-likeness (QED) is 0.939. The lowest BCUT2D eigenvalue weighted by molar-refractivity contribution is 0.409. The van der Waals surface area contributed by atoms with Gasteiger partial charge in [-0.15, -0.1) is 0 Å². The molecule has 2 aromatic rings. The second kappa shape index (κ2) is 5.50. The molecule has 5 heteroatoms. The van der Waals surface area contributed by atoms with Crippen molar-refractivity contribution in [3.8, 4) is 17.2 Å². The summed E-state index contributed by atoms with van der Waals surface area (Å²) in [4.78, 5) is 6.76. The Morgan fingerprint density at radius 3 is 2.86 bits per heavy atom. The molecule has 0 saturated carbocycles. The van der Waals surface area contributed by atoms with Gasteiger partial charge in [0.25, 0.3) is 0 Å². The molecule has 3 heterocycles. The number of aromatic nitrogens is 1. The number of pyridine rings is 1. The van der Waals surface area contributed by atoms with Crippen LogP contribution in [0.2, 0.25) is 0 Å². The molecule has 0 spiro atoms. The Bertz CT molecular complexity index is 676. The third-order valence-electron chi connectivity index (χ3n) is 4.36. The van der Waals surface area contributed by atoms with E-state index in [1.807, 2.05) is 30.5 Å². The molecule has 1 aromatic heterocycles. The SMILES string of the molecule is COc1cccc(Oc2cncc(N3C[C@@H]4C[C@H]3CN4)c2)c1. The van der Waals surface area contributed by atoms with Gasteiger partial charge in [0.2, 0.25) is 0 Å². The number of nitrogens with one attached hydrogen (secondary N) is 1. The Hall–Kier alpha value is -2.27. The third kappa shape index (κ3) is 2.48. The Morgan fingerprint density at radius 2 is 2.09 bits per heavy atom. The highest BCUT2D eigenvalue weighted by Crippen LogP contribution is 2.32. The molecule has 2 aliphatic heterocycles. The zero-order valence-electron chi connectivity index (χ0n) is 12.5. The number of benzene rings is 1. The lowest BCUT2D eigenvalue weighted by Crippen LogP contribution is -2.43. The summed E-state index contributed by atoms with van der Waals surface area (Å²) in [6, 6.07) is 10.9. The van der Waals surface area contributed by atoms with Crippen LogP contribution < -0.4 is 19.7 Å². The fourth-order valence-corrected chi connectivity index (χ4v) is 3.30. The van der Waals surface area contributed by atoms with Crippen molar-refractivity contribution < 1.29 is 9.47 Å². The lowest BCUT2D eigenvalue weighted by Gasteiger charge is -2.29. The first kappa shape index (κ1) is 13.4. The van der Waals surface area contributed by atoms with E-state index in [9.17, 15) is 0 Å². The minimum atomic E-state index is 0.582. The van der Waals surface area contributed by atoms with E-state index in [-0.39, 0.29) is 0 Å². The third-order valence-corrected chi connectivity index (χ3v) is 4.36. The molecule has 1 N–H and O–H groups in total. The smallest absolute Gasteiger partial charge is 0.147 e. The van der Waals surface area contributed by atoms with Crippen molar-refractivity contribution in [2.24, 2.45) is 0 Å². The number of rotatable bonds is 4. The first-order chi connectivity index (χ1) is 10.8. The predicted molar refractivity (Wildman–Crippen MR) is 84.8 cm³/mol. The van der Waals surface area contributed by atoms with Crippen LogP contribution in [0.25, 0.3) is 0 Å². The van der Waals surface area contributed by atoms with Crippen molar-refractivity contribution in [1.29, 1.82) is 0 Å². The van der Waals surface area contributed by atoms with Gasteiger partial charge in [-0.25, -0.2) is 0 Å². The Balaban J connectivity index is 1.54. The molecule has 0 radical (unpaired) electrons. The molecule has 22 heavy (non-hydrogen) atoms. The molecule has 1 aromatic carbocycles. The average molecular weight is 297 g/mol. The van der Waals surface area contributed by atoms with E-state index in [0.29, 0.717) is 12.1 Å². The Kier molecular flexibility index (Phi) is 3.35. The van der Waals surface area contributed by atoms with E-state index in [1.165, 1.54) is 6.42 Å². The second-order valence-electron chi connectivity index (χ2n) is 5.81. The molecule has 2 aliphatic rings. The van der Waals surface area contributed by atoms with Gasteiger partial charge < -0.3 is 19.7 Å². The molecule has 4 rings (SSSR count). The van der Waals surface area contributed by atoms with Crippen LogP contribution in [0.15, 0.2) is 42.7 Å². The molecular weight excluding hydrogens is 278 g/mol. The first-order valence-electron chi connectivity index (χ1n) is 7.59. The summed E-state index contributed by atoms with van der Waals surface area (Å²) in [6.07, 6.45) is 4.88.